The Morgan fingerprint density at radius 2 is 2.04 bits per heavy atom. The summed E-state index contributed by atoms with van der Waals surface area (Å²) in [6, 6.07) is 2.07. The number of guanidine groups is 1. The van der Waals surface area contributed by atoms with E-state index in [9.17, 15) is 9.59 Å². The standard InChI is InChI=1S/C17H26BrN5O2/c1-4-19-17(22(3)12-14-10-13(18)11-21(14)2)20-8-9-23-15(24)6-5-7-16(23)25/h10-11H,4-9,12H2,1-3H3,(H,19,20). The number of aliphatic imine (C=N–C) groups is 1. The lowest BCUT2D eigenvalue weighted by molar-refractivity contribution is -0.147. The second-order valence-corrected chi connectivity index (χ2v) is 7.06. The molecule has 1 saturated heterocycles. The second-order valence-electron chi connectivity index (χ2n) is 6.14. The number of carbonyl (C=O) groups is 2. The second kappa shape index (κ2) is 9.03. The highest BCUT2D eigenvalue weighted by atomic mass is 79.9. The molecule has 0 radical (unpaired) electrons. The van der Waals surface area contributed by atoms with E-state index >= 15 is 0 Å². The average Bonchev–Trinajstić information content (AvgIpc) is 2.86. The van der Waals surface area contributed by atoms with Crippen LogP contribution in [0.1, 0.15) is 31.9 Å². The number of piperidine rings is 1. The van der Waals surface area contributed by atoms with E-state index < -0.39 is 0 Å². The van der Waals surface area contributed by atoms with Gasteiger partial charge in [0.1, 0.15) is 0 Å². The summed E-state index contributed by atoms with van der Waals surface area (Å²) in [7, 11) is 3.98. The van der Waals surface area contributed by atoms with Gasteiger partial charge in [-0.05, 0) is 35.3 Å². The van der Waals surface area contributed by atoms with E-state index in [0.717, 1.165) is 22.7 Å². The van der Waals surface area contributed by atoms with E-state index in [0.29, 0.717) is 38.9 Å². The van der Waals surface area contributed by atoms with Crippen molar-refractivity contribution in [2.24, 2.45) is 12.0 Å². The van der Waals surface area contributed by atoms with Gasteiger partial charge < -0.3 is 14.8 Å². The fraction of sp³-hybridized carbons (Fsp3) is 0.588. The first-order valence-electron chi connectivity index (χ1n) is 8.55. The molecule has 1 aromatic heterocycles. The van der Waals surface area contributed by atoms with Gasteiger partial charge in [0.2, 0.25) is 11.8 Å². The fourth-order valence-corrected chi connectivity index (χ4v) is 3.39. The number of aromatic nitrogens is 1. The number of nitrogens with one attached hydrogen (secondary N) is 1. The highest BCUT2D eigenvalue weighted by Gasteiger charge is 2.25. The summed E-state index contributed by atoms with van der Waals surface area (Å²) in [6.07, 6.45) is 3.59. The molecule has 7 nitrogen and oxygen atoms in total. The molecular weight excluding hydrogens is 386 g/mol. The van der Waals surface area contributed by atoms with Crippen LogP contribution < -0.4 is 5.32 Å². The maximum atomic E-state index is 11.8. The molecule has 8 heteroatoms. The SMILES string of the molecule is CCNC(=NCCN1C(=O)CCCC1=O)N(C)Cc1cc(Br)cn1C. The number of hydrogen-bond donors (Lipinski definition) is 1. The van der Waals surface area contributed by atoms with Gasteiger partial charge in [0.25, 0.3) is 0 Å². The van der Waals surface area contributed by atoms with Gasteiger partial charge in [-0.25, -0.2) is 0 Å². The highest BCUT2D eigenvalue weighted by Crippen LogP contribution is 2.15. The van der Waals surface area contributed by atoms with Crippen molar-refractivity contribution in [1.82, 2.24) is 19.7 Å². The molecule has 1 aliphatic rings. The van der Waals surface area contributed by atoms with E-state index in [2.05, 4.69) is 36.9 Å². The van der Waals surface area contributed by atoms with Gasteiger partial charge in [-0.3, -0.25) is 19.5 Å². The van der Waals surface area contributed by atoms with Crippen LogP contribution in [0, 0.1) is 0 Å². The topological polar surface area (TPSA) is 69.9 Å². The molecule has 0 aliphatic carbocycles. The molecule has 2 rings (SSSR count). The van der Waals surface area contributed by atoms with Crippen LogP contribution in [-0.2, 0) is 23.2 Å². The van der Waals surface area contributed by atoms with Crippen LogP contribution in [0.15, 0.2) is 21.7 Å². The first kappa shape index (κ1) is 19.5. The fourth-order valence-electron chi connectivity index (χ4n) is 2.82. The number of aryl methyl sites for hydroxylation is 1. The molecule has 0 aromatic carbocycles. The summed E-state index contributed by atoms with van der Waals surface area (Å²) in [6.45, 7) is 4.22. The number of imide groups is 1. The maximum absolute atomic E-state index is 11.8. The first-order chi connectivity index (χ1) is 11.9. The quantitative estimate of drug-likeness (QED) is 0.439. The Morgan fingerprint density at radius 1 is 1.36 bits per heavy atom. The van der Waals surface area contributed by atoms with Gasteiger partial charge in [0.15, 0.2) is 5.96 Å². The summed E-state index contributed by atoms with van der Waals surface area (Å²) in [5.41, 5.74) is 1.15. The predicted molar refractivity (Wildman–Crippen MR) is 101 cm³/mol. The first-order valence-corrected chi connectivity index (χ1v) is 9.35. The summed E-state index contributed by atoms with van der Waals surface area (Å²) in [4.78, 5) is 31.6. The normalized spacial score (nSPS) is 15.7. The lowest BCUT2D eigenvalue weighted by atomic mass is 10.1. The monoisotopic (exact) mass is 411 g/mol. The van der Waals surface area contributed by atoms with Crippen molar-refractivity contribution in [3.63, 3.8) is 0 Å². The van der Waals surface area contributed by atoms with E-state index in [4.69, 9.17) is 0 Å². The number of rotatable bonds is 6. The average molecular weight is 412 g/mol. The molecule has 1 aromatic rings. The van der Waals surface area contributed by atoms with Crippen LogP contribution in [0.4, 0.5) is 0 Å². The number of likely N-dealkylation sites (tertiary alicyclic amines) is 1. The van der Waals surface area contributed by atoms with Crippen molar-refractivity contribution in [3.05, 3.63) is 22.4 Å². The minimum Gasteiger partial charge on any atom is -0.357 e. The van der Waals surface area contributed by atoms with Crippen LogP contribution in [0.3, 0.4) is 0 Å². The van der Waals surface area contributed by atoms with Gasteiger partial charge >= 0.3 is 0 Å². The molecule has 0 saturated carbocycles. The Morgan fingerprint density at radius 3 is 2.60 bits per heavy atom. The van der Waals surface area contributed by atoms with Crippen LogP contribution >= 0.6 is 15.9 Å². The van der Waals surface area contributed by atoms with Crippen molar-refractivity contribution < 1.29 is 9.59 Å². The Hall–Kier alpha value is -1.83. The molecule has 138 valence electrons. The molecule has 0 unspecified atom stereocenters. The van der Waals surface area contributed by atoms with E-state index in [1.54, 1.807) is 0 Å². The van der Waals surface area contributed by atoms with Crippen molar-refractivity contribution in [2.45, 2.75) is 32.7 Å². The lowest BCUT2D eigenvalue weighted by Crippen LogP contribution is -2.42. The molecule has 0 spiro atoms. The largest absolute Gasteiger partial charge is 0.357 e. The zero-order chi connectivity index (χ0) is 18.4. The lowest BCUT2D eigenvalue weighted by Gasteiger charge is -2.25. The smallest absolute Gasteiger partial charge is 0.229 e. The summed E-state index contributed by atoms with van der Waals surface area (Å²) < 4.78 is 3.11. The Balaban J connectivity index is 1.98. The highest BCUT2D eigenvalue weighted by molar-refractivity contribution is 9.10. The third kappa shape index (κ3) is 5.32. The molecule has 0 atom stereocenters. The molecule has 2 heterocycles. The summed E-state index contributed by atoms with van der Waals surface area (Å²) >= 11 is 3.48. The maximum Gasteiger partial charge on any atom is 0.229 e. The molecule has 1 N–H and O–H groups in total. The Labute approximate surface area is 157 Å². The number of halogens is 1. The molecule has 2 amide bonds. The van der Waals surface area contributed by atoms with Gasteiger partial charge in [-0.15, -0.1) is 0 Å². The van der Waals surface area contributed by atoms with E-state index in [1.165, 1.54) is 4.90 Å². The van der Waals surface area contributed by atoms with Gasteiger partial charge in [-0.1, -0.05) is 0 Å². The van der Waals surface area contributed by atoms with Gasteiger partial charge in [-0.2, -0.15) is 0 Å². The molecule has 1 aliphatic heterocycles. The predicted octanol–water partition coefficient (Wildman–Crippen LogP) is 1.72. The number of nitrogens with zero attached hydrogens (tertiary/aromatic N) is 4. The summed E-state index contributed by atoms with van der Waals surface area (Å²) in [5, 5.41) is 3.26. The Bertz CT molecular complexity index is 639. The third-order valence-electron chi connectivity index (χ3n) is 4.14. The Kier molecular flexibility index (Phi) is 7.04. The molecular formula is C17H26BrN5O2. The van der Waals surface area contributed by atoms with Crippen molar-refractivity contribution >= 4 is 33.7 Å². The molecule has 0 bridgehead atoms. The minimum absolute atomic E-state index is 0.0848. The van der Waals surface area contributed by atoms with Crippen LogP contribution in [-0.4, -0.2) is 58.8 Å². The van der Waals surface area contributed by atoms with E-state index in [-0.39, 0.29) is 11.8 Å². The minimum atomic E-state index is -0.0848. The molecule has 1 fully saturated rings. The van der Waals surface area contributed by atoms with E-state index in [1.807, 2.05) is 32.1 Å². The third-order valence-corrected chi connectivity index (χ3v) is 4.57. The van der Waals surface area contributed by atoms with Crippen molar-refractivity contribution in [3.8, 4) is 0 Å². The van der Waals surface area contributed by atoms with Gasteiger partial charge in [0.05, 0.1) is 13.1 Å². The van der Waals surface area contributed by atoms with Crippen molar-refractivity contribution in [1.29, 1.82) is 0 Å². The van der Waals surface area contributed by atoms with Crippen LogP contribution in [0.5, 0.6) is 0 Å². The zero-order valence-corrected chi connectivity index (χ0v) is 16.7. The zero-order valence-electron chi connectivity index (χ0n) is 15.1. The number of amides is 2. The summed E-state index contributed by atoms with van der Waals surface area (Å²) in [5.74, 6) is 0.591. The van der Waals surface area contributed by atoms with Gasteiger partial charge in [0, 0.05) is 56.4 Å². The molecule has 25 heavy (non-hydrogen) atoms. The van der Waals surface area contributed by atoms with Crippen LogP contribution in [0.2, 0.25) is 0 Å². The van der Waals surface area contributed by atoms with Crippen LogP contribution in [0.25, 0.3) is 0 Å². The number of hydrogen-bond acceptors (Lipinski definition) is 3. The van der Waals surface area contributed by atoms with Crippen molar-refractivity contribution in [2.75, 3.05) is 26.7 Å². The number of carbonyl (C=O) groups excluding carboxylic acids is 2.